The number of hydrogen-bond donors (Lipinski definition) is 2. The molecule has 1 aromatic rings. The molecule has 0 aliphatic carbocycles. The Morgan fingerprint density at radius 2 is 1.88 bits per heavy atom. The van der Waals surface area contributed by atoms with Crippen molar-refractivity contribution < 1.29 is 14.7 Å². The van der Waals surface area contributed by atoms with Gasteiger partial charge in [0.2, 0.25) is 0 Å². The fourth-order valence-electron chi connectivity index (χ4n) is 0.968. The van der Waals surface area contributed by atoms with Crippen molar-refractivity contribution in [2.24, 2.45) is 0 Å². The lowest BCUT2D eigenvalue weighted by Gasteiger charge is -2.31. The standard InChI is InChI=1S/C10H14N4O3/c1-10(2,8(15)16)14(3)9(17)13-7-4-11-6-12-5-7/h4-6H,1-3H3,(H,13,17)(H,15,16). The molecule has 1 aromatic heterocycles. The van der Waals surface area contributed by atoms with Crippen LogP contribution in [0.4, 0.5) is 10.5 Å². The third-order valence-corrected chi connectivity index (χ3v) is 2.48. The molecule has 7 nitrogen and oxygen atoms in total. The van der Waals surface area contributed by atoms with Gasteiger partial charge in [-0.25, -0.2) is 19.6 Å². The van der Waals surface area contributed by atoms with Crippen molar-refractivity contribution in [1.82, 2.24) is 14.9 Å². The first-order chi connectivity index (χ1) is 7.85. The first-order valence-corrected chi connectivity index (χ1v) is 4.89. The lowest BCUT2D eigenvalue weighted by atomic mass is 10.1. The Morgan fingerprint density at radius 3 is 2.35 bits per heavy atom. The monoisotopic (exact) mass is 238 g/mol. The number of aromatic nitrogens is 2. The molecule has 0 fully saturated rings. The largest absolute Gasteiger partial charge is 0.480 e. The van der Waals surface area contributed by atoms with E-state index in [4.69, 9.17) is 5.11 Å². The summed E-state index contributed by atoms with van der Waals surface area (Å²) in [6, 6.07) is -0.535. The Morgan fingerprint density at radius 1 is 1.35 bits per heavy atom. The summed E-state index contributed by atoms with van der Waals surface area (Å²) in [6.07, 6.45) is 4.18. The van der Waals surface area contributed by atoms with Gasteiger partial charge < -0.3 is 15.3 Å². The number of rotatable bonds is 3. The molecule has 0 aromatic carbocycles. The van der Waals surface area contributed by atoms with E-state index in [1.807, 2.05) is 0 Å². The molecule has 7 heteroatoms. The first kappa shape index (κ1) is 12.9. The molecule has 0 aliphatic rings. The van der Waals surface area contributed by atoms with E-state index < -0.39 is 17.5 Å². The Kier molecular flexibility index (Phi) is 3.62. The molecule has 2 amide bonds. The summed E-state index contributed by atoms with van der Waals surface area (Å²) in [5.74, 6) is -1.08. The van der Waals surface area contributed by atoms with Crippen LogP contribution in [0.2, 0.25) is 0 Å². The van der Waals surface area contributed by atoms with E-state index in [-0.39, 0.29) is 0 Å². The molecule has 0 unspecified atom stereocenters. The second kappa shape index (κ2) is 4.77. The molecule has 0 saturated heterocycles. The van der Waals surface area contributed by atoms with E-state index in [1.54, 1.807) is 0 Å². The van der Waals surface area contributed by atoms with Crippen LogP contribution in [0.15, 0.2) is 18.7 Å². The zero-order valence-electron chi connectivity index (χ0n) is 9.84. The lowest BCUT2D eigenvalue weighted by Crippen LogP contribution is -2.52. The van der Waals surface area contributed by atoms with Crippen molar-refractivity contribution in [3.8, 4) is 0 Å². The van der Waals surface area contributed by atoms with Crippen LogP contribution in [0.25, 0.3) is 0 Å². The summed E-state index contributed by atoms with van der Waals surface area (Å²) in [5, 5.41) is 11.5. The van der Waals surface area contributed by atoms with Crippen LogP contribution in [0.3, 0.4) is 0 Å². The predicted octanol–water partition coefficient (Wildman–Crippen LogP) is 0.803. The van der Waals surface area contributed by atoms with Gasteiger partial charge in [0.05, 0.1) is 18.1 Å². The molecule has 0 saturated carbocycles. The Bertz CT molecular complexity index is 419. The summed E-state index contributed by atoms with van der Waals surface area (Å²) in [7, 11) is 1.41. The number of carboxylic acid groups (broad SMARTS) is 1. The lowest BCUT2D eigenvalue weighted by molar-refractivity contribution is -0.146. The number of carboxylic acids is 1. The second-order valence-corrected chi connectivity index (χ2v) is 3.98. The molecule has 1 heterocycles. The molecule has 0 aliphatic heterocycles. The smallest absolute Gasteiger partial charge is 0.329 e. The maximum atomic E-state index is 11.8. The molecule has 0 bridgehead atoms. The summed E-state index contributed by atoms with van der Waals surface area (Å²) in [6.45, 7) is 2.88. The van der Waals surface area contributed by atoms with Gasteiger partial charge in [0.25, 0.3) is 0 Å². The number of anilines is 1. The maximum absolute atomic E-state index is 11.8. The number of nitrogens with one attached hydrogen (secondary N) is 1. The van der Waals surface area contributed by atoms with Crippen molar-refractivity contribution in [3.63, 3.8) is 0 Å². The summed E-state index contributed by atoms with van der Waals surface area (Å²) in [5.41, 5.74) is -0.884. The van der Waals surface area contributed by atoms with Gasteiger partial charge in [-0.15, -0.1) is 0 Å². The Labute approximate surface area is 98.5 Å². The average Bonchev–Trinajstić information content (AvgIpc) is 2.29. The van der Waals surface area contributed by atoms with Crippen molar-refractivity contribution in [1.29, 1.82) is 0 Å². The zero-order chi connectivity index (χ0) is 13.1. The molecule has 0 atom stereocenters. The van der Waals surface area contributed by atoms with Crippen LogP contribution in [0.5, 0.6) is 0 Å². The SMILES string of the molecule is CN(C(=O)Nc1cncnc1)C(C)(C)C(=O)O. The quantitative estimate of drug-likeness (QED) is 0.812. The highest BCUT2D eigenvalue weighted by atomic mass is 16.4. The van der Waals surface area contributed by atoms with Crippen molar-refractivity contribution in [3.05, 3.63) is 18.7 Å². The summed E-state index contributed by atoms with van der Waals surface area (Å²) < 4.78 is 0. The number of carbonyl (C=O) groups excluding carboxylic acids is 1. The zero-order valence-corrected chi connectivity index (χ0v) is 9.84. The van der Waals surface area contributed by atoms with Crippen LogP contribution in [-0.4, -0.2) is 44.6 Å². The predicted molar refractivity (Wildman–Crippen MR) is 60.5 cm³/mol. The maximum Gasteiger partial charge on any atom is 0.329 e. The number of nitrogens with zero attached hydrogens (tertiary/aromatic N) is 3. The van der Waals surface area contributed by atoms with Gasteiger partial charge >= 0.3 is 12.0 Å². The van der Waals surface area contributed by atoms with Crippen LogP contribution < -0.4 is 5.32 Å². The average molecular weight is 238 g/mol. The van der Waals surface area contributed by atoms with Crippen molar-refractivity contribution >= 4 is 17.7 Å². The van der Waals surface area contributed by atoms with Crippen LogP contribution in [0, 0.1) is 0 Å². The third-order valence-electron chi connectivity index (χ3n) is 2.48. The third kappa shape index (κ3) is 2.90. The van der Waals surface area contributed by atoms with Gasteiger partial charge in [0, 0.05) is 7.05 Å². The first-order valence-electron chi connectivity index (χ1n) is 4.89. The van der Waals surface area contributed by atoms with E-state index in [0.29, 0.717) is 5.69 Å². The van der Waals surface area contributed by atoms with E-state index in [2.05, 4.69) is 15.3 Å². The minimum atomic E-state index is -1.29. The van der Waals surface area contributed by atoms with Crippen LogP contribution in [0.1, 0.15) is 13.8 Å². The molecular formula is C10H14N4O3. The fourth-order valence-corrected chi connectivity index (χ4v) is 0.968. The molecular weight excluding hydrogens is 224 g/mol. The van der Waals surface area contributed by atoms with Gasteiger partial charge in [-0.3, -0.25) is 0 Å². The van der Waals surface area contributed by atoms with Gasteiger partial charge in [-0.2, -0.15) is 0 Å². The number of hydrogen-bond acceptors (Lipinski definition) is 4. The summed E-state index contributed by atoms with van der Waals surface area (Å²) >= 11 is 0. The summed E-state index contributed by atoms with van der Waals surface area (Å²) in [4.78, 5) is 31.3. The number of urea groups is 1. The minimum absolute atomic E-state index is 0.408. The second-order valence-electron chi connectivity index (χ2n) is 3.98. The van der Waals surface area contributed by atoms with Gasteiger partial charge in [0.15, 0.2) is 0 Å². The molecule has 1 rings (SSSR count). The Hall–Kier alpha value is -2.18. The molecule has 17 heavy (non-hydrogen) atoms. The fraction of sp³-hybridized carbons (Fsp3) is 0.400. The normalized spacial score (nSPS) is 10.8. The van der Waals surface area contributed by atoms with E-state index >= 15 is 0 Å². The van der Waals surface area contributed by atoms with E-state index in [1.165, 1.54) is 39.6 Å². The molecule has 2 N–H and O–H groups in total. The molecule has 92 valence electrons. The van der Waals surface area contributed by atoms with E-state index in [0.717, 1.165) is 4.90 Å². The highest BCUT2D eigenvalue weighted by Crippen LogP contribution is 2.14. The van der Waals surface area contributed by atoms with Crippen molar-refractivity contribution in [2.75, 3.05) is 12.4 Å². The van der Waals surface area contributed by atoms with Gasteiger partial charge in [-0.05, 0) is 13.8 Å². The van der Waals surface area contributed by atoms with Gasteiger partial charge in [0.1, 0.15) is 11.9 Å². The minimum Gasteiger partial charge on any atom is -0.480 e. The van der Waals surface area contributed by atoms with Crippen molar-refractivity contribution in [2.45, 2.75) is 19.4 Å². The van der Waals surface area contributed by atoms with Crippen LogP contribution in [-0.2, 0) is 4.79 Å². The highest BCUT2D eigenvalue weighted by Gasteiger charge is 2.35. The number of aliphatic carboxylic acids is 1. The van der Waals surface area contributed by atoms with E-state index in [9.17, 15) is 9.59 Å². The molecule has 0 spiro atoms. The highest BCUT2D eigenvalue weighted by molar-refractivity contribution is 5.93. The number of likely N-dealkylation sites (N-methyl/N-ethyl adjacent to an activating group) is 1. The molecule has 0 radical (unpaired) electrons. The Balaban J connectivity index is 2.75. The number of amides is 2. The van der Waals surface area contributed by atoms with Gasteiger partial charge in [-0.1, -0.05) is 0 Å². The van der Waals surface area contributed by atoms with Crippen LogP contribution >= 0.6 is 0 Å². The number of carbonyl (C=O) groups is 2. The topological polar surface area (TPSA) is 95.4 Å².